The number of aromatic nitrogens is 1. The van der Waals surface area contributed by atoms with E-state index in [9.17, 15) is 0 Å². The molecule has 2 heterocycles. The van der Waals surface area contributed by atoms with Crippen LogP contribution in [-0.4, -0.2) is 4.57 Å². The molecule has 70 heavy (non-hydrogen) atoms. The number of hydrogen-bond donors (Lipinski definition) is 0. The van der Waals surface area contributed by atoms with Crippen molar-refractivity contribution in [1.29, 1.82) is 0 Å². The lowest BCUT2D eigenvalue weighted by Crippen LogP contribution is -2.33. The highest BCUT2D eigenvalue weighted by molar-refractivity contribution is 6.13. The molecule has 2 nitrogen and oxygen atoms in total. The topological polar surface area (TPSA) is 8.17 Å². The second-order valence-corrected chi connectivity index (χ2v) is 19.0. The van der Waals surface area contributed by atoms with Gasteiger partial charge in [-0.2, -0.15) is 0 Å². The Balaban J connectivity index is 1.06. The maximum atomic E-state index is 2.58. The molecular formula is C68H44N2. The van der Waals surface area contributed by atoms with Crippen molar-refractivity contribution in [1.82, 2.24) is 4.57 Å². The maximum absolute atomic E-state index is 2.58. The molecule has 15 rings (SSSR count). The fourth-order valence-corrected chi connectivity index (χ4v) is 13.3. The summed E-state index contributed by atoms with van der Waals surface area (Å²) in [6.07, 6.45) is 0. The average molecular weight is 889 g/mol. The van der Waals surface area contributed by atoms with Gasteiger partial charge in [0.15, 0.2) is 0 Å². The predicted molar refractivity (Wildman–Crippen MR) is 289 cm³/mol. The third-order valence-corrected chi connectivity index (χ3v) is 15.9. The molecule has 11 aromatic carbocycles. The van der Waals surface area contributed by atoms with E-state index in [1.54, 1.807) is 0 Å². The van der Waals surface area contributed by atoms with Crippen LogP contribution >= 0.6 is 0 Å². The average Bonchev–Trinajstić information content (AvgIpc) is 4.05. The molecule has 1 aromatic heterocycles. The van der Waals surface area contributed by atoms with Gasteiger partial charge in [0.25, 0.3) is 0 Å². The number of hydrogen-bond acceptors (Lipinski definition) is 1. The SMILES string of the molecule is c1ccc(-c2ccccc2N(c2ccc3c(c2)C(c2ccccc2)(c2ccccc2)c2ccccc2-3)c2cccc3c2-c2ccccc2C32c3ccccc3-n3c4ccccc4c4cccc2c43)cc1. The van der Waals surface area contributed by atoms with Crippen molar-refractivity contribution in [3.63, 3.8) is 0 Å². The van der Waals surface area contributed by atoms with Gasteiger partial charge >= 0.3 is 0 Å². The van der Waals surface area contributed by atoms with Gasteiger partial charge in [0.05, 0.1) is 38.9 Å². The smallest absolute Gasteiger partial charge is 0.0755 e. The maximum Gasteiger partial charge on any atom is 0.0755 e. The standard InChI is InChI=1S/C68H44N2/c1-4-22-45(23-5-1)49-28-12-17-38-61(49)69(48-42-43-51-50-29-10-14-33-55(50)67(60(51)44-48,46-24-6-2-7-25-46)47-26-8-3-9-27-47)64-41-21-36-58-65(64)54-31-11-15-34-56(54)68(58)57-35-16-19-40-63(57)70-62-39-18-13-30-52(62)53-32-20-37-59(68)66(53)70/h1-44H. The third-order valence-electron chi connectivity index (χ3n) is 15.9. The summed E-state index contributed by atoms with van der Waals surface area (Å²) >= 11 is 0. The van der Waals surface area contributed by atoms with Gasteiger partial charge in [0.2, 0.25) is 0 Å². The molecule has 1 atom stereocenters. The molecule has 0 amide bonds. The molecule has 2 aliphatic carbocycles. The van der Waals surface area contributed by atoms with Crippen molar-refractivity contribution in [2.75, 3.05) is 4.90 Å². The Hall–Kier alpha value is -8.98. The first-order valence-electron chi connectivity index (χ1n) is 24.4. The monoisotopic (exact) mass is 888 g/mol. The number of benzene rings is 11. The van der Waals surface area contributed by atoms with Crippen LogP contribution in [0.15, 0.2) is 267 Å². The van der Waals surface area contributed by atoms with Crippen LogP contribution in [0.5, 0.6) is 0 Å². The quantitative estimate of drug-likeness (QED) is 0.161. The number of rotatable bonds is 6. The fraction of sp³-hybridized carbons (Fsp3) is 0.0294. The van der Waals surface area contributed by atoms with Crippen molar-refractivity contribution in [2.24, 2.45) is 0 Å². The molecule has 1 aliphatic heterocycles. The van der Waals surface area contributed by atoms with E-state index in [4.69, 9.17) is 0 Å². The summed E-state index contributed by atoms with van der Waals surface area (Å²) in [6, 6.07) is 99.9. The van der Waals surface area contributed by atoms with Gasteiger partial charge in [0.1, 0.15) is 0 Å². The molecule has 1 spiro atoms. The first kappa shape index (κ1) is 39.1. The number of fused-ring (bicyclic) bond motifs is 15. The van der Waals surface area contributed by atoms with Crippen molar-refractivity contribution < 1.29 is 0 Å². The number of para-hydroxylation sites is 4. The minimum absolute atomic E-state index is 0.562. The van der Waals surface area contributed by atoms with Gasteiger partial charge < -0.3 is 9.47 Å². The van der Waals surface area contributed by atoms with Gasteiger partial charge in [-0.05, 0) is 103 Å². The summed E-state index contributed by atoms with van der Waals surface area (Å²) in [7, 11) is 0. The molecule has 0 saturated heterocycles. The molecule has 0 radical (unpaired) electrons. The largest absolute Gasteiger partial charge is 0.309 e. The van der Waals surface area contributed by atoms with Crippen LogP contribution in [0.25, 0.3) is 60.9 Å². The first-order valence-corrected chi connectivity index (χ1v) is 24.4. The number of anilines is 3. The van der Waals surface area contributed by atoms with Crippen LogP contribution in [0.2, 0.25) is 0 Å². The Morgan fingerprint density at radius 3 is 1.61 bits per heavy atom. The Morgan fingerprint density at radius 2 is 0.843 bits per heavy atom. The molecule has 0 fully saturated rings. The predicted octanol–water partition coefficient (Wildman–Crippen LogP) is 17.0. The van der Waals surface area contributed by atoms with E-state index in [0.717, 1.165) is 17.1 Å². The summed E-state index contributed by atoms with van der Waals surface area (Å²) in [5, 5.41) is 2.55. The van der Waals surface area contributed by atoms with E-state index in [-0.39, 0.29) is 0 Å². The third kappa shape index (κ3) is 5.02. The van der Waals surface area contributed by atoms with Crippen LogP contribution in [0.1, 0.15) is 44.5 Å². The van der Waals surface area contributed by atoms with Gasteiger partial charge in [-0.1, -0.05) is 231 Å². The van der Waals surface area contributed by atoms with Gasteiger partial charge in [-0.15, -0.1) is 0 Å². The zero-order chi connectivity index (χ0) is 46.0. The number of nitrogens with zero attached hydrogens (tertiary/aromatic N) is 2. The van der Waals surface area contributed by atoms with E-state index in [0.29, 0.717) is 0 Å². The second kappa shape index (κ2) is 14.8. The van der Waals surface area contributed by atoms with Crippen LogP contribution < -0.4 is 4.90 Å². The zero-order valence-corrected chi connectivity index (χ0v) is 38.3. The zero-order valence-electron chi connectivity index (χ0n) is 38.3. The minimum Gasteiger partial charge on any atom is -0.309 e. The Kier molecular flexibility index (Phi) is 8.24. The second-order valence-electron chi connectivity index (χ2n) is 19.0. The van der Waals surface area contributed by atoms with Crippen molar-refractivity contribution in [3.05, 3.63) is 311 Å². The Morgan fingerprint density at radius 1 is 0.314 bits per heavy atom. The molecule has 0 bridgehead atoms. The van der Waals surface area contributed by atoms with Gasteiger partial charge in [-0.25, -0.2) is 0 Å². The Bertz CT molecular complexity index is 4030. The fourth-order valence-electron chi connectivity index (χ4n) is 13.3. The molecule has 2 heteroatoms. The summed E-state index contributed by atoms with van der Waals surface area (Å²) in [5.41, 5.74) is 23.6. The van der Waals surface area contributed by atoms with E-state index >= 15 is 0 Å². The first-order chi connectivity index (χ1) is 34.8. The van der Waals surface area contributed by atoms with Crippen molar-refractivity contribution >= 4 is 38.9 Å². The van der Waals surface area contributed by atoms with Crippen LogP contribution in [0.4, 0.5) is 17.1 Å². The summed E-state index contributed by atoms with van der Waals surface area (Å²) in [5.74, 6) is 0. The van der Waals surface area contributed by atoms with E-state index in [1.165, 1.54) is 105 Å². The van der Waals surface area contributed by atoms with Crippen LogP contribution in [-0.2, 0) is 10.8 Å². The molecule has 326 valence electrons. The van der Waals surface area contributed by atoms with Gasteiger partial charge in [-0.3, -0.25) is 0 Å². The highest BCUT2D eigenvalue weighted by atomic mass is 15.1. The van der Waals surface area contributed by atoms with Crippen molar-refractivity contribution in [2.45, 2.75) is 10.8 Å². The van der Waals surface area contributed by atoms with Crippen LogP contribution in [0, 0.1) is 0 Å². The molecule has 0 saturated carbocycles. The van der Waals surface area contributed by atoms with Gasteiger partial charge in [0, 0.05) is 27.6 Å². The lowest BCUT2D eigenvalue weighted by atomic mass is 9.65. The summed E-state index contributed by atoms with van der Waals surface area (Å²) in [4.78, 5) is 2.58. The Labute approximate surface area is 407 Å². The normalized spacial score (nSPS) is 15.3. The van der Waals surface area contributed by atoms with Crippen molar-refractivity contribution in [3.8, 4) is 39.1 Å². The summed E-state index contributed by atoms with van der Waals surface area (Å²) in [6.45, 7) is 0. The lowest BCUT2D eigenvalue weighted by Gasteiger charge is -2.40. The molecule has 3 aliphatic rings. The summed E-state index contributed by atoms with van der Waals surface area (Å²) < 4.78 is 2.53. The highest BCUT2D eigenvalue weighted by Gasteiger charge is 2.52. The molecule has 0 N–H and O–H groups in total. The van der Waals surface area contributed by atoms with E-state index < -0.39 is 10.8 Å². The van der Waals surface area contributed by atoms with E-state index in [1.807, 2.05) is 0 Å². The molecule has 1 unspecified atom stereocenters. The van der Waals surface area contributed by atoms with Crippen LogP contribution in [0.3, 0.4) is 0 Å². The van der Waals surface area contributed by atoms with E-state index in [2.05, 4.69) is 276 Å². The highest BCUT2D eigenvalue weighted by Crippen LogP contribution is 2.64. The molecular weight excluding hydrogens is 845 g/mol. The minimum atomic E-state index is -0.595. The molecule has 12 aromatic rings. The lowest BCUT2D eigenvalue weighted by molar-refractivity contribution is 0.748.